The maximum absolute atomic E-state index is 13.0. The van der Waals surface area contributed by atoms with Gasteiger partial charge in [0.25, 0.3) is 5.91 Å². The molecule has 2 aromatic heterocycles. The number of alkyl halides is 3. The van der Waals surface area contributed by atoms with E-state index >= 15 is 0 Å². The molecule has 0 aliphatic carbocycles. The number of hydrogen-bond donors (Lipinski definition) is 2. The van der Waals surface area contributed by atoms with Gasteiger partial charge < -0.3 is 15.6 Å². The molecule has 3 heterocycles. The van der Waals surface area contributed by atoms with E-state index in [0.29, 0.717) is 5.03 Å². The Hall–Kier alpha value is -3.34. The predicted molar refractivity (Wildman–Crippen MR) is 110 cm³/mol. The fourth-order valence-corrected chi connectivity index (χ4v) is 4.25. The van der Waals surface area contributed by atoms with Gasteiger partial charge in [0.1, 0.15) is 17.1 Å². The van der Waals surface area contributed by atoms with E-state index in [1.165, 1.54) is 11.8 Å². The molecule has 0 bridgehead atoms. The number of aryl methyl sites for hydroxylation is 3. The Morgan fingerprint density at radius 3 is 2.68 bits per heavy atom. The second-order valence-electron chi connectivity index (χ2n) is 6.84. The van der Waals surface area contributed by atoms with Crippen LogP contribution in [-0.2, 0) is 30.9 Å². The van der Waals surface area contributed by atoms with Crippen LogP contribution >= 0.6 is 11.8 Å². The summed E-state index contributed by atoms with van der Waals surface area (Å²) in [5, 5.41) is 3.34. The molecule has 11 heteroatoms. The Balaban J connectivity index is 1.61. The third kappa shape index (κ3) is 4.41. The van der Waals surface area contributed by atoms with Crippen molar-refractivity contribution in [1.82, 2.24) is 19.5 Å². The summed E-state index contributed by atoms with van der Waals surface area (Å²) in [6, 6.07) is 6.51. The molecule has 0 fully saturated rings. The first kappa shape index (κ1) is 20.9. The van der Waals surface area contributed by atoms with E-state index in [1.54, 1.807) is 6.20 Å². The molecule has 0 radical (unpaired) electrons. The molecule has 1 aromatic carbocycles. The predicted octanol–water partition coefficient (Wildman–Crippen LogP) is 3.39. The number of amides is 1. The van der Waals surface area contributed by atoms with Gasteiger partial charge in [-0.2, -0.15) is 13.2 Å². The van der Waals surface area contributed by atoms with Gasteiger partial charge in [0, 0.05) is 37.0 Å². The van der Waals surface area contributed by atoms with Crippen LogP contribution in [0.5, 0.6) is 0 Å². The Bertz CT molecular complexity index is 1190. The third-order valence-electron chi connectivity index (χ3n) is 4.71. The molecule has 4 rings (SSSR count). The van der Waals surface area contributed by atoms with E-state index in [9.17, 15) is 18.0 Å². The lowest BCUT2D eigenvalue weighted by Crippen LogP contribution is -2.19. The molecule has 1 amide bonds. The Kier molecular flexibility index (Phi) is 5.44. The summed E-state index contributed by atoms with van der Waals surface area (Å²) < 4.78 is 41.0. The number of primary amides is 1. The molecule has 0 saturated heterocycles. The van der Waals surface area contributed by atoms with Crippen molar-refractivity contribution in [3.05, 3.63) is 70.8 Å². The maximum Gasteiger partial charge on any atom is 0.433 e. The van der Waals surface area contributed by atoms with Crippen LogP contribution in [0.25, 0.3) is 5.57 Å². The highest BCUT2D eigenvalue weighted by Crippen LogP contribution is 2.44. The molecule has 1 aliphatic rings. The number of thioether (sulfide) groups is 1. The van der Waals surface area contributed by atoms with Gasteiger partial charge in [-0.05, 0) is 30.2 Å². The number of carbonyl (C=O) groups is 1. The van der Waals surface area contributed by atoms with Crippen LogP contribution < -0.4 is 11.1 Å². The number of imidazole rings is 1. The first-order valence-corrected chi connectivity index (χ1v) is 10.0. The van der Waals surface area contributed by atoms with Crippen molar-refractivity contribution < 1.29 is 18.0 Å². The Labute approximate surface area is 179 Å². The zero-order valence-electron chi connectivity index (χ0n) is 16.3. The lowest BCUT2D eigenvalue weighted by molar-refractivity contribution is -0.141. The fourth-order valence-electron chi connectivity index (χ4n) is 3.14. The van der Waals surface area contributed by atoms with Crippen LogP contribution in [0.1, 0.15) is 22.9 Å². The highest BCUT2D eigenvalue weighted by Gasteiger charge is 2.34. The zero-order valence-corrected chi connectivity index (χ0v) is 17.1. The second kappa shape index (κ2) is 8.06. The molecule has 7 nitrogen and oxygen atoms in total. The number of benzene rings is 1. The van der Waals surface area contributed by atoms with E-state index in [-0.39, 0.29) is 11.4 Å². The van der Waals surface area contributed by atoms with E-state index in [0.717, 1.165) is 47.1 Å². The summed E-state index contributed by atoms with van der Waals surface area (Å²) in [7, 11) is 1.93. The van der Waals surface area contributed by atoms with Gasteiger partial charge in [-0.3, -0.25) is 4.79 Å². The normalized spacial score (nSPS) is 14.8. The minimum Gasteiger partial charge on any atom is -0.365 e. The van der Waals surface area contributed by atoms with Crippen molar-refractivity contribution >= 4 is 28.9 Å². The van der Waals surface area contributed by atoms with Crippen molar-refractivity contribution in [3.8, 4) is 0 Å². The van der Waals surface area contributed by atoms with E-state index in [2.05, 4.69) is 20.3 Å². The summed E-state index contributed by atoms with van der Waals surface area (Å²) >= 11 is 1.21. The van der Waals surface area contributed by atoms with Gasteiger partial charge in [0.2, 0.25) is 0 Å². The lowest BCUT2D eigenvalue weighted by atomic mass is 10.1. The van der Waals surface area contributed by atoms with Crippen molar-refractivity contribution in [3.63, 3.8) is 0 Å². The van der Waals surface area contributed by atoms with E-state index < -0.39 is 17.8 Å². The van der Waals surface area contributed by atoms with Gasteiger partial charge in [0.15, 0.2) is 5.82 Å². The second-order valence-corrected chi connectivity index (χ2v) is 7.90. The van der Waals surface area contributed by atoms with Gasteiger partial charge in [-0.25, -0.2) is 15.0 Å². The highest BCUT2D eigenvalue weighted by molar-refractivity contribution is 8.04. The molecule has 1 aliphatic heterocycles. The van der Waals surface area contributed by atoms with Crippen LogP contribution in [0, 0.1) is 0 Å². The Morgan fingerprint density at radius 2 is 2.00 bits per heavy atom. The first-order chi connectivity index (χ1) is 14.7. The van der Waals surface area contributed by atoms with E-state index in [4.69, 9.17) is 5.73 Å². The van der Waals surface area contributed by atoms with E-state index in [1.807, 2.05) is 36.0 Å². The lowest BCUT2D eigenvalue weighted by Gasteiger charge is -2.09. The van der Waals surface area contributed by atoms with Crippen LogP contribution in [0.2, 0.25) is 0 Å². The average Bonchev–Trinajstić information content (AvgIpc) is 3.31. The minimum absolute atomic E-state index is 0.193. The third-order valence-corrected chi connectivity index (χ3v) is 5.78. The number of nitrogens with zero attached hydrogens (tertiary/aromatic N) is 4. The molecular formula is C20H17F3N6OS. The number of carbonyl (C=O) groups excluding carboxylic acids is 1. The van der Waals surface area contributed by atoms with Crippen molar-refractivity contribution in [2.24, 2.45) is 12.8 Å². The summed E-state index contributed by atoms with van der Waals surface area (Å²) in [5.41, 5.74) is 5.92. The van der Waals surface area contributed by atoms with Gasteiger partial charge in [-0.15, -0.1) is 0 Å². The van der Waals surface area contributed by atoms with Crippen molar-refractivity contribution in [2.75, 3.05) is 5.32 Å². The first-order valence-electron chi connectivity index (χ1n) is 9.21. The minimum atomic E-state index is -4.66. The smallest absolute Gasteiger partial charge is 0.365 e. The van der Waals surface area contributed by atoms with Gasteiger partial charge >= 0.3 is 6.18 Å². The standard InChI is InChI=1S/C20H17F3N6OS/c1-29-9-8-25-15(29)5-3-11-2-4-12-13(10-11)31-19(27-12)16(17(24)30)18-26-7-6-14(28-18)20(21,22)23/h2,4,6-10,27H,3,5H2,1H3,(H2,24,30)/b19-16-. The number of aromatic nitrogens is 4. The molecular weight excluding hydrogens is 429 g/mol. The van der Waals surface area contributed by atoms with Gasteiger partial charge in [-0.1, -0.05) is 17.8 Å². The average molecular weight is 446 g/mol. The number of halogens is 3. The molecule has 160 valence electrons. The molecule has 31 heavy (non-hydrogen) atoms. The Morgan fingerprint density at radius 1 is 1.19 bits per heavy atom. The number of fused-ring (bicyclic) bond motifs is 1. The molecule has 0 unspecified atom stereocenters. The van der Waals surface area contributed by atoms with Crippen LogP contribution in [0.4, 0.5) is 18.9 Å². The summed E-state index contributed by atoms with van der Waals surface area (Å²) in [5.74, 6) is -0.332. The molecule has 3 N–H and O–H groups in total. The summed E-state index contributed by atoms with van der Waals surface area (Å²) in [4.78, 5) is 24.5. The number of nitrogens with two attached hydrogens (primary N) is 1. The summed E-state index contributed by atoms with van der Waals surface area (Å²) in [6.07, 6.45) is 1.45. The maximum atomic E-state index is 13.0. The monoisotopic (exact) mass is 446 g/mol. The molecule has 0 spiro atoms. The van der Waals surface area contributed by atoms with Crippen molar-refractivity contribution in [1.29, 1.82) is 0 Å². The van der Waals surface area contributed by atoms with Gasteiger partial charge in [0.05, 0.1) is 10.7 Å². The molecule has 0 atom stereocenters. The fraction of sp³-hybridized carbons (Fsp3) is 0.200. The van der Waals surface area contributed by atoms with Crippen LogP contribution in [-0.4, -0.2) is 25.4 Å². The van der Waals surface area contributed by atoms with Crippen LogP contribution in [0.3, 0.4) is 0 Å². The number of hydrogen-bond acceptors (Lipinski definition) is 6. The largest absolute Gasteiger partial charge is 0.433 e. The zero-order chi connectivity index (χ0) is 22.2. The van der Waals surface area contributed by atoms with Crippen LogP contribution in [0.15, 0.2) is 52.8 Å². The topological polar surface area (TPSA) is 98.7 Å². The number of rotatable bonds is 5. The molecule has 0 saturated carbocycles. The molecule has 3 aromatic rings. The quantitative estimate of drug-likeness (QED) is 0.583. The number of anilines is 1. The van der Waals surface area contributed by atoms with Crippen molar-refractivity contribution in [2.45, 2.75) is 23.9 Å². The SMILES string of the molecule is Cn1ccnc1CCc1ccc2c(c1)S/C(=C(/C(N)=O)c1nccc(C(F)(F)F)n1)N2. The number of nitrogens with one attached hydrogen (secondary N) is 1. The summed E-state index contributed by atoms with van der Waals surface area (Å²) in [6.45, 7) is 0. The highest BCUT2D eigenvalue weighted by atomic mass is 32.2.